The highest BCUT2D eigenvalue weighted by molar-refractivity contribution is 7.92. The van der Waals surface area contributed by atoms with Crippen molar-refractivity contribution in [2.45, 2.75) is 61.0 Å². The first-order valence-corrected chi connectivity index (χ1v) is 12.8. The summed E-state index contributed by atoms with van der Waals surface area (Å²) in [5.41, 5.74) is -1.47. The Kier molecular flexibility index (Phi) is 6.47. The maximum absolute atomic E-state index is 14.2. The molecule has 0 heterocycles. The predicted molar refractivity (Wildman–Crippen MR) is 125 cm³/mol. The summed E-state index contributed by atoms with van der Waals surface area (Å²) in [7, 11) is -3.92. The van der Waals surface area contributed by atoms with Crippen LogP contribution in [0.15, 0.2) is 77.7 Å². The smallest absolute Gasteiger partial charge is 0.432 e. The topological polar surface area (TPSA) is 43.4 Å². The number of halogens is 4. The molecule has 1 saturated carbocycles. The zero-order chi connectivity index (χ0) is 25.5. The SMILES string of the molecule is Cc1ccc(OC(C)(c2ccc(C3(S(=O)(=O)c4ccc(F)cc4)CCCC3)cc2)C(F)(F)F)cc1. The number of hydrogen-bond acceptors (Lipinski definition) is 3. The molecule has 186 valence electrons. The Balaban J connectivity index is 1.74. The monoisotopic (exact) mass is 506 g/mol. The summed E-state index contributed by atoms with van der Waals surface area (Å²) in [4.78, 5) is -0.00675. The van der Waals surface area contributed by atoms with E-state index in [1.54, 1.807) is 12.1 Å². The molecule has 1 aliphatic carbocycles. The molecule has 8 heteroatoms. The van der Waals surface area contributed by atoms with E-state index in [2.05, 4.69) is 0 Å². The van der Waals surface area contributed by atoms with Gasteiger partial charge in [0.25, 0.3) is 0 Å². The van der Waals surface area contributed by atoms with Gasteiger partial charge in [-0.2, -0.15) is 13.2 Å². The van der Waals surface area contributed by atoms with E-state index in [1.807, 2.05) is 6.92 Å². The van der Waals surface area contributed by atoms with Crippen molar-refractivity contribution in [2.24, 2.45) is 0 Å². The highest BCUT2D eigenvalue weighted by atomic mass is 32.2. The van der Waals surface area contributed by atoms with Gasteiger partial charge in [-0.25, -0.2) is 12.8 Å². The number of alkyl halides is 3. The van der Waals surface area contributed by atoms with E-state index in [-0.39, 0.29) is 16.2 Å². The lowest BCUT2D eigenvalue weighted by Crippen LogP contribution is -2.45. The van der Waals surface area contributed by atoms with Gasteiger partial charge < -0.3 is 4.74 Å². The second-order valence-corrected chi connectivity index (χ2v) is 11.4. The largest absolute Gasteiger partial charge is 0.473 e. The summed E-state index contributed by atoms with van der Waals surface area (Å²) in [6.07, 6.45) is -2.73. The third kappa shape index (κ3) is 4.44. The number of benzene rings is 3. The first-order chi connectivity index (χ1) is 16.4. The first-order valence-electron chi connectivity index (χ1n) is 11.3. The Morgan fingerprint density at radius 2 is 1.37 bits per heavy atom. The minimum Gasteiger partial charge on any atom is -0.473 e. The van der Waals surface area contributed by atoms with Crippen LogP contribution in [0.1, 0.15) is 49.3 Å². The summed E-state index contributed by atoms with van der Waals surface area (Å²) in [5.74, 6) is -0.473. The molecule has 0 N–H and O–H groups in total. The predicted octanol–water partition coefficient (Wildman–Crippen LogP) is 7.23. The van der Waals surface area contributed by atoms with E-state index < -0.39 is 32.2 Å². The number of rotatable bonds is 6. The maximum atomic E-state index is 14.2. The van der Waals surface area contributed by atoms with E-state index in [0.29, 0.717) is 31.2 Å². The van der Waals surface area contributed by atoms with Gasteiger partial charge in [-0.05, 0) is 68.7 Å². The molecule has 3 nitrogen and oxygen atoms in total. The van der Waals surface area contributed by atoms with Gasteiger partial charge in [-0.3, -0.25) is 0 Å². The fourth-order valence-corrected chi connectivity index (χ4v) is 6.93. The molecule has 0 amide bonds. The highest BCUT2D eigenvalue weighted by Gasteiger charge is 2.55. The molecule has 0 aromatic heterocycles. The van der Waals surface area contributed by atoms with Crippen molar-refractivity contribution >= 4 is 9.84 Å². The summed E-state index contributed by atoms with van der Waals surface area (Å²) in [6.45, 7) is 2.78. The number of sulfone groups is 1. The third-order valence-corrected chi connectivity index (χ3v) is 9.46. The van der Waals surface area contributed by atoms with Gasteiger partial charge in [0, 0.05) is 5.56 Å². The van der Waals surface area contributed by atoms with Gasteiger partial charge in [0.15, 0.2) is 9.84 Å². The second-order valence-electron chi connectivity index (χ2n) is 9.18. The van der Waals surface area contributed by atoms with Crippen molar-refractivity contribution in [3.8, 4) is 5.75 Å². The van der Waals surface area contributed by atoms with Crippen molar-refractivity contribution < 1.29 is 30.7 Å². The second kappa shape index (κ2) is 8.97. The zero-order valence-corrected chi connectivity index (χ0v) is 20.2. The fourth-order valence-electron chi connectivity index (χ4n) is 4.71. The Bertz CT molecular complexity index is 1280. The van der Waals surface area contributed by atoms with Crippen LogP contribution in [0.2, 0.25) is 0 Å². The van der Waals surface area contributed by atoms with Gasteiger partial charge in [0.2, 0.25) is 5.60 Å². The van der Waals surface area contributed by atoms with Crippen LogP contribution in [0.25, 0.3) is 0 Å². The van der Waals surface area contributed by atoms with Crippen LogP contribution in [0, 0.1) is 12.7 Å². The first kappa shape index (κ1) is 25.2. The van der Waals surface area contributed by atoms with Crippen LogP contribution in [0.4, 0.5) is 17.6 Å². The van der Waals surface area contributed by atoms with Crippen LogP contribution in [0.5, 0.6) is 5.75 Å². The average molecular weight is 507 g/mol. The standard InChI is InChI=1S/C27H26F4O3S/c1-19-5-13-23(14-6-19)34-25(2,27(29,30)31)20-7-9-21(10-8-20)26(17-3-4-18-26)35(32,33)24-15-11-22(28)12-16-24/h5-16H,3-4,17-18H2,1-2H3. The molecule has 0 bridgehead atoms. The molecule has 0 spiro atoms. The quantitative estimate of drug-likeness (QED) is 0.262. The number of hydrogen-bond donors (Lipinski definition) is 0. The van der Waals surface area contributed by atoms with Crippen LogP contribution < -0.4 is 4.74 Å². The minimum atomic E-state index is -4.73. The van der Waals surface area contributed by atoms with Crippen molar-refractivity contribution in [1.82, 2.24) is 0 Å². The summed E-state index contributed by atoms with van der Waals surface area (Å²) >= 11 is 0. The van der Waals surface area contributed by atoms with E-state index in [0.717, 1.165) is 24.6 Å². The summed E-state index contributed by atoms with van der Waals surface area (Å²) in [6, 6.07) is 16.4. The molecule has 1 unspecified atom stereocenters. The Morgan fingerprint density at radius 1 is 0.829 bits per heavy atom. The summed E-state index contributed by atoms with van der Waals surface area (Å²) < 4.78 is 87.6. The van der Waals surface area contributed by atoms with E-state index in [4.69, 9.17) is 4.74 Å². The average Bonchev–Trinajstić information content (AvgIpc) is 3.32. The normalized spacial score (nSPS) is 17.7. The molecule has 3 aromatic rings. The van der Waals surface area contributed by atoms with E-state index in [9.17, 15) is 26.0 Å². The number of aryl methyl sites for hydroxylation is 1. The molecule has 0 saturated heterocycles. The van der Waals surface area contributed by atoms with E-state index in [1.165, 1.54) is 48.5 Å². The van der Waals surface area contributed by atoms with Crippen LogP contribution in [-0.4, -0.2) is 14.6 Å². The molecular formula is C27H26F4O3S. The molecule has 3 aromatic carbocycles. The van der Waals surface area contributed by atoms with E-state index >= 15 is 0 Å². The lowest BCUT2D eigenvalue weighted by atomic mass is 9.90. The Labute approximate surface area is 202 Å². The van der Waals surface area contributed by atoms with Crippen LogP contribution in [-0.2, 0) is 20.2 Å². The summed E-state index contributed by atoms with van der Waals surface area (Å²) in [5, 5.41) is 0. The zero-order valence-electron chi connectivity index (χ0n) is 19.4. The maximum Gasteiger partial charge on any atom is 0.432 e. The lowest BCUT2D eigenvalue weighted by molar-refractivity contribution is -0.247. The van der Waals surface area contributed by atoms with Gasteiger partial charge >= 0.3 is 6.18 Å². The Morgan fingerprint density at radius 3 is 1.89 bits per heavy atom. The fraction of sp³-hybridized carbons (Fsp3) is 0.333. The molecular weight excluding hydrogens is 480 g/mol. The third-order valence-electron chi connectivity index (χ3n) is 6.90. The van der Waals surface area contributed by atoms with Crippen molar-refractivity contribution in [1.29, 1.82) is 0 Å². The highest BCUT2D eigenvalue weighted by Crippen LogP contribution is 2.49. The van der Waals surface area contributed by atoms with Crippen LogP contribution >= 0.6 is 0 Å². The lowest BCUT2D eigenvalue weighted by Gasteiger charge is -2.34. The van der Waals surface area contributed by atoms with Gasteiger partial charge in [-0.15, -0.1) is 0 Å². The molecule has 1 aliphatic rings. The Hall–Kier alpha value is -2.87. The molecule has 0 aliphatic heterocycles. The van der Waals surface area contributed by atoms with Gasteiger partial charge in [0.1, 0.15) is 16.3 Å². The van der Waals surface area contributed by atoms with Gasteiger partial charge in [0.05, 0.1) is 4.90 Å². The van der Waals surface area contributed by atoms with Gasteiger partial charge in [-0.1, -0.05) is 54.8 Å². The molecule has 1 atom stereocenters. The van der Waals surface area contributed by atoms with Crippen molar-refractivity contribution in [2.75, 3.05) is 0 Å². The minimum absolute atomic E-state index is 0.00675. The molecule has 1 fully saturated rings. The molecule has 0 radical (unpaired) electrons. The molecule has 35 heavy (non-hydrogen) atoms. The van der Waals surface area contributed by atoms with Crippen LogP contribution in [0.3, 0.4) is 0 Å². The molecule has 4 rings (SSSR count). The van der Waals surface area contributed by atoms with Crippen molar-refractivity contribution in [3.63, 3.8) is 0 Å². The van der Waals surface area contributed by atoms with Crippen molar-refractivity contribution in [3.05, 3.63) is 95.3 Å². The number of ether oxygens (including phenoxy) is 1.